The van der Waals surface area contributed by atoms with Crippen LogP contribution < -0.4 is 0 Å². The van der Waals surface area contributed by atoms with Crippen molar-refractivity contribution in [3.63, 3.8) is 0 Å². The highest BCUT2D eigenvalue weighted by atomic mass is 127. The van der Waals surface area contributed by atoms with Gasteiger partial charge in [-0.1, -0.05) is 65.7 Å². The molecule has 1 rings (SSSR count). The molecular weight excluding hydrogens is 345 g/mol. The number of aromatic nitrogens is 1. The molecule has 0 bridgehead atoms. The number of H-pyrrole nitrogens is 1. The maximum absolute atomic E-state index is 3.35. The standard InChI is InChI=1S/C17H30IN/c1-4-6-8-10-12-17(3,11-9-7-5-2)15-13-16(18)19-14-15/h13-14,19H,4-12H2,1-3H3. The van der Waals surface area contributed by atoms with E-state index in [2.05, 4.69) is 60.6 Å². The van der Waals surface area contributed by atoms with E-state index in [1.54, 1.807) is 0 Å². The first kappa shape index (κ1) is 17.1. The van der Waals surface area contributed by atoms with Gasteiger partial charge in [0.15, 0.2) is 0 Å². The lowest BCUT2D eigenvalue weighted by Gasteiger charge is -2.29. The van der Waals surface area contributed by atoms with Crippen molar-refractivity contribution in [3.8, 4) is 0 Å². The Hall–Kier alpha value is 0.01000. The van der Waals surface area contributed by atoms with Crippen molar-refractivity contribution in [3.05, 3.63) is 21.5 Å². The van der Waals surface area contributed by atoms with Crippen LogP contribution in [-0.2, 0) is 5.41 Å². The highest BCUT2D eigenvalue weighted by Crippen LogP contribution is 2.35. The third kappa shape index (κ3) is 5.88. The van der Waals surface area contributed by atoms with E-state index in [0.29, 0.717) is 5.41 Å². The molecule has 0 aliphatic carbocycles. The zero-order chi connectivity index (χ0) is 14.1. The summed E-state index contributed by atoms with van der Waals surface area (Å²) in [5.74, 6) is 0. The lowest BCUT2D eigenvalue weighted by molar-refractivity contribution is 0.366. The largest absolute Gasteiger partial charge is 0.356 e. The van der Waals surface area contributed by atoms with E-state index in [4.69, 9.17) is 0 Å². The van der Waals surface area contributed by atoms with E-state index < -0.39 is 0 Å². The lowest BCUT2D eigenvalue weighted by Crippen LogP contribution is -2.21. The third-order valence-electron chi connectivity index (χ3n) is 4.26. The summed E-state index contributed by atoms with van der Waals surface area (Å²) >= 11 is 2.38. The molecule has 1 unspecified atom stereocenters. The average molecular weight is 375 g/mol. The molecule has 0 aliphatic heterocycles. The summed E-state index contributed by atoms with van der Waals surface area (Å²) in [5, 5.41) is 0. The van der Waals surface area contributed by atoms with Crippen LogP contribution in [0, 0.1) is 3.70 Å². The summed E-state index contributed by atoms with van der Waals surface area (Å²) in [5.41, 5.74) is 1.90. The van der Waals surface area contributed by atoms with Gasteiger partial charge in [0.25, 0.3) is 0 Å². The molecule has 19 heavy (non-hydrogen) atoms. The number of hydrogen-bond donors (Lipinski definition) is 1. The molecular formula is C17H30IN. The van der Waals surface area contributed by atoms with E-state index in [0.717, 1.165) is 0 Å². The number of rotatable bonds is 10. The van der Waals surface area contributed by atoms with Crippen molar-refractivity contribution < 1.29 is 0 Å². The highest BCUT2D eigenvalue weighted by Gasteiger charge is 2.26. The Morgan fingerprint density at radius 2 is 1.58 bits per heavy atom. The molecule has 110 valence electrons. The summed E-state index contributed by atoms with van der Waals surface area (Å²) in [6.45, 7) is 7.04. The Kier molecular flexibility index (Phi) is 8.12. The molecule has 0 aliphatic rings. The molecule has 1 aromatic heterocycles. The van der Waals surface area contributed by atoms with Crippen molar-refractivity contribution in [2.24, 2.45) is 0 Å². The van der Waals surface area contributed by atoms with E-state index in [1.807, 2.05) is 0 Å². The van der Waals surface area contributed by atoms with Gasteiger partial charge in [0.1, 0.15) is 0 Å². The average Bonchev–Trinajstić information content (AvgIpc) is 2.82. The molecule has 0 saturated carbocycles. The molecule has 0 amide bonds. The van der Waals surface area contributed by atoms with Crippen molar-refractivity contribution in [2.45, 2.75) is 84.0 Å². The smallest absolute Gasteiger partial charge is 0.0774 e. The molecule has 1 atom stereocenters. The molecule has 1 heterocycles. The second-order valence-electron chi connectivity index (χ2n) is 6.06. The van der Waals surface area contributed by atoms with Crippen LogP contribution >= 0.6 is 22.6 Å². The Labute approximate surface area is 133 Å². The van der Waals surface area contributed by atoms with Gasteiger partial charge in [-0.15, -0.1) is 0 Å². The van der Waals surface area contributed by atoms with Gasteiger partial charge in [0, 0.05) is 6.20 Å². The van der Waals surface area contributed by atoms with Crippen LogP contribution in [0.3, 0.4) is 0 Å². The quantitative estimate of drug-likeness (QED) is 0.358. The van der Waals surface area contributed by atoms with E-state index in [9.17, 15) is 0 Å². The Balaban J connectivity index is 2.60. The van der Waals surface area contributed by atoms with Crippen LogP contribution in [0.1, 0.15) is 84.1 Å². The van der Waals surface area contributed by atoms with E-state index in [-0.39, 0.29) is 0 Å². The van der Waals surface area contributed by atoms with Crippen LogP contribution in [0.4, 0.5) is 0 Å². The highest BCUT2D eigenvalue weighted by molar-refractivity contribution is 14.1. The van der Waals surface area contributed by atoms with Gasteiger partial charge in [-0.05, 0) is 52.5 Å². The first-order valence-electron chi connectivity index (χ1n) is 7.97. The number of hydrogen-bond acceptors (Lipinski definition) is 0. The molecule has 1 nitrogen and oxygen atoms in total. The topological polar surface area (TPSA) is 15.8 Å². The molecule has 0 aromatic carbocycles. The van der Waals surface area contributed by atoms with Crippen LogP contribution in [0.25, 0.3) is 0 Å². The van der Waals surface area contributed by atoms with Crippen molar-refractivity contribution in [2.75, 3.05) is 0 Å². The second-order valence-corrected chi connectivity index (χ2v) is 7.23. The Morgan fingerprint density at radius 3 is 2.11 bits per heavy atom. The summed E-state index contributed by atoms with van der Waals surface area (Å²) in [6.07, 6.45) is 14.4. The monoisotopic (exact) mass is 375 g/mol. The molecule has 1 aromatic rings. The molecule has 0 radical (unpaired) electrons. The summed E-state index contributed by atoms with van der Waals surface area (Å²) in [6, 6.07) is 2.34. The van der Waals surface area contributed by atoms with Gasteiger partial charge in [-0.25, -0.2) is 0 Å². The minimum Gasteiger partial charge on any atom is -0.356 e. The van der Waals surface area contributed by atoms with Gasteiger partial charge < -0.3 is 4.98 Å². The summed E-state index contributed by atoms with van der Waals surface area (Å²) in [4.78, 5) is 3.35. The van der Waals surface area contributed by atoms with Crippen LogP contribution in [-0.4, -0.2) is 4.98 Å². The summed E-state index contributed by atoms with van der Waals surface area (Å²) < 4.78 is 1.27. The van der Waals surface area contributed by atoms with Gasteiger partial charge >= 0.3 is 0 Å². The number of unbranched alkanes of at least 4 members (excludes halogenated alkanes) is 5. The minimum atomic E-state index is 0.378. The van der Waals surface area contributed by atoms with E-state index >= 15 is 0 Å². The lowest BCUT2D eigenvalue weighted by atomic mass is 9.75. The van der Waals surface area contributed by atoms with Gasteiger partial charge in [0.2, 0.25) is 0 Å². The summed E-state index contributed by atoms with van der Waals surface area (Å²) in [7, 11) is 0. The van der Waals surface area contributed by atoms with Crippen LogP contribution in [0.15, 0.2) is 12.3 Å². The van der Waals surface area contributed by atoms with Crippen molar-refractivity contribution in [1.82, 2.24) is 4.98 Å². The second kappa shape index (κ2) is 9.04. The molecule has 2 heteroatoms. The zero-order valence-electron chi connectivity index (χ0n) is 12.9. The fourth-order valence-corrected chi connectivity index (χ4v) is 3.33. The van der Waals surface area contributed by atoms with Crippen LogP contribution in [0.5, 0.6) is 0 Å². The van der Waals surface area contributed by atoms with Gasteiger partial charge in [-0.3, -0.25) is 0 Å². The van der Waals surface area contributed by atoms with Gasteiger partial charge in [0.05, 0.1) is 3.70 Å². The predicted molar refractivity (Wildman–Crippen MR) is 93.8 cm³/mol. The maximum atomic E-state index is 3.35. The third-order valence-corrected chi connectivity index (χ3v) is 4.88. The Morgan fingerprint density at radius 1 is 1.00 bits per heavy atom. The molecule has 0 spiro atoms. The Bertz CT molecular complexity index is 345. The van der Waals surface area contributed by atoms with Gasteiger partial charge in [-0.2, -0.15) is 0 Å². The SMILES string of the molecule is CCCCCCC(C)(CCCCC)c1c[nH]c(I)c1. The predicted octanol–water partition coefficient (Wildman–Crippen LogP) is 6.43. The first-order valence-corrected chi connectivity index (χ1v) is 9.04. The van der Waals surface area contributed by atoms with Crippen molar-refractivity contribution >= 4 is 22.6 Å². The molecule has 0 saturated heterocycles. The minimum absolute atomic E-state index is 0.378. The maximum Gasteiger partial charge on any atom is 0.0774 e. The fourth-order valence-electron chi connectivity index (χ4n) is 2.84. The van der Waals surface area contributed by atoms with Crippen LogP contribution in [0.2, 0.25) is 0 Å². The van der Waals surface area contributed by atoms with Crippen molar-refractivity contribution in [1.29, 1.82) is 0 Å². The molecule has 0 fully saturated rings. The van der Waals surface area contributed by atoms with E-state index in [1.165, 1.54) is 67.1 Å². The first-order chi connectivity index (χ1) is 9.12. The molecule has 1 N–H and O–H groups in total. The zero-order valence-corrected chi connectivity index (χ0v) is 15.1. The fraction of sp³-hybridized carbons (Fsp3) is 0.765. The normalized spacial score (nSPS) is 14.5. The number of halogens is 1. The number of nitrogens with one attached hydrogen (secondary N) is 1. The number of aromatic amines is 1.